The van der Waals surface area contributed by atoms with E-state index in [2.05, 4.69) is 0 Å². The normalized spacial score (nSPS) is 28.6. The van der Waals surface area contributed by atoms with E-state index in [9.17, 15) is 9.59 Å². The Morgan fingerprint density at radius 3 is 2.94 bits per heavy atom. The van der Waals surface area contributed by atoms with Crippen LogP contribution in [0.5, 0.6) is 0 Å². The Morgan fingerprint density at radius 2 is 2.22 bits per heavy atom. The molecule has 1 heterocycles. The quantitative estimate of drug-likeness (QED) is 0.708. The molecule has 1 saturated heterocycles. The van der Waals surface area contributed by atoms with Gasteiger partial charge in [-0.2, -0.15) is 0 Å². The van der Waals surface area contributed by atoms with Gasteiger partial charge in [-0.05, 0) is 24.5 Å². The van der Waals surface area contributed by atoms with Crippen molar-refractivity contribution in [3.05, 3.63) is 34.9 Å². The third-order valence-electron chi connectivity index (χ3n) is 3.89. The molecule has 94 valence electrons. The third-order valence-corrected chi connectivity index (χ3v) is 3.89. The topological polar surface area (TPSA) is 52.6 Å². The molecule has 2 atom stereocenters. The summed E-state index contributed by atoms with van der Waals surface area (Å²) >= 11 is 0. The van der Waals surface area contributed by atoms with E-state index in [1.165, 1.54) is 7.11 Å². The van der Waals surface area contributed by atoms with Gasteiger partial charge in [-0.3, -0.25) is 9.59 Å². The molecule has 0 spiro atoms. The number of aryl methyl sites for hydroxylation is 1. The monoisotopic (exact) mass is 246 g/mol. The zero-order valence-corrected chi connectivity index (χ0v) is 10.4. The van der Waals surface area contributed by atoms with Crippen molar-refractivity contribution in [2.24, 2.45) is 5.41 Å². The van der Waals surface area contributed by atoms with Crippen molar-refractivity contribution in [3.63, 3.8) is 0 Å². The summed E-state index contributed by atoms with van der Waals surface area (Å²) in [6, 6.07) is 5.96. The van der Waals surface area contributed by atoms with E-state index < -0.39 is 11.5 Å². The molecule has 0 unspecified atom stereocenters. The summed E-state index contributed by atoms with van der Waals surface area (Å²) in [5.74, 6) is -0.677. The lowest BCUT2D eigenvalue weighted by Crippen LogP contribution is -2.33. The molecule has 0 aromatic heterocycles. The molecule has 1 aromatic carbocycles. The predicted octanol–water partition coefficient (Wildman–Crippen LogP) is 1.70. The van der Waals surface area contributed by atoms with Crippen molar-refractivity contribution < 1.29 is 19.1 Å². The van der Waals surface area contributed by atoms with Crippen LogP contribution in [0.2, 0.25) is 0 Å². The summed E-state index contributed by atoms with van der Waals surface area (Å²) in [7, 11) is 1.35. The van der Waals surface area contributed by atoms with E-state index in [1.54, 1.807) is 0 Å². The molecule has 1 fully saturated rings. The van der Waals surface area contributed by atoms with Crippen molar-refractivity contribution >= 4 is 11.9 Å². The van der Waals surface area contributed by atoms with E-state index in [0.717, 1.165) is 16.7 Å². The second-order valence-corrected chi connectivity index (χ2v) is 5.07. The highest BCUT2D eigenvalue weighted by Crippen LogP contribution is 2.55. The van der Waals surface area contributed by atoms with Crippen LogP contribution in [0.3, 0.4) is 0 Å². The largest absolute Gasteiger partial charge is 0.468 e. The fraction of sp³-hybridized carbons (Fsp3) is 0.429. The Bertz CT molecular complexity index is 549. The number of fused-ring (bicyclic) bond motifs is 3. The number of hydrogen-bond donors (Lipinski definition) is 0. The van der Waals surface area contributed by atoms with Gasteiger partial charge in [0.05, 0.1) is 13.5 Å². The molecule has 0 saturated carbocycles. The number of ether oxygens (including phenoxy) is 2. The van der Waals surface area contributed by atoms with Crippen LogP contribution in [0.25, 0.3) is 0 Å². The lowest BCUT2D eigenvalue weighted by molar-refractivity contribution is -0.155. The minimum absolute atomic E-state index is 0.109. The van der Waals surface area contributed by atoms with Crippen LogP contribution >= 0.6 is 0 Å². The number of esters is 2. The number of carbonyl (C=O) groups is 2. The Morgan fingerprint density at radius 1 is 1.44 bits per heavy atom. The molecular weight excluding hydrogens is 232 g/mol. The van der Waals surface area contributed by atoms with Crippen LogP contribution in [-0.4, -0.2) is 19.0 Å². The maximum atomic E-state index is 12.1. The summed E-state index contributed by atoms with van der Waals surface area (Å²) in [5.41, 5.74) is 2.32. The van der Waals surface area contributed by atoms with Crippen molar-refractivity contribution in [2.45, 2.75) is 25.9 Å². The first-order valence-electron chi connectivity index (χ1n) is 5.94. The molecule has 0 bridgehead atoms. The summed E-state index contributed by atoms with van der Waals surface area (Å²) in [6.07, 6.45) is 0.151. The van der Waals surface area contributed by atoms with Crippen LogP contribution in [0.15, 0.2) is 18.2 Å². The highest BCUT2D eigenvalue weighted by atomic mass is 16.6. The van der Waals surface area contributed by atoms with Gasteiger partial charge in [0.25, 0.3) is 0 Å². The van der Waals surface area contributed by atoms with Crippen LogP contribution in [0.1, 0.15) is 29.2 Å². The van der Waals surface area contributed by atoms with Crippen LogP contribution in [0.4, 0.5) is 0 Å². The zero-order chi connectivity index (χ0) is 12.9. The Hall–Kier alpha value is -1.84. The average molecular weight is 246 g/mol. The van der Waals surface area contributed by atoms with E-state index in [4.69, 9.17) is 9.47 Å². The lowest BCUT2D eigenvalue weighted by atomic mass is 9.81. The highest BCUT2D eigenvalue weighted by molar-refractivity contribution is 5.89. The van der Waals surface area contributed by atoms with E-state index in [0.29, 0.717) is 6.42 Å². The van der Waals surface area contributed by atoms with Gasteiger partial charge in [-0.15, -0.1) is 0 Å². The fourth-order valence-electron chi connectivity index (χ4n) is 3.09. The first kappa shape index (κ1) is 11.3. The number of hydrogen-bond acceptors (Lipinski definition) is 4. The predicted molar refractivity (Wildman–Crippen MR) is 62.8 cm³/mol. The second kappa shape index (κ2) is 3.57. The molecule has 0 amide bonds. The fourth-order valence-corrected chi connectivity index (χ4v) is 3.09. The molecule has 4 heteroatoms. The molecular formula is C14H14O4. The summed E-state index contributed by atoms with van der Waals surface area (Å²) in [4.78, 5) is 23.6. The third kappa shape index (κ3) is 1.32. The van der Waals surface area contributed by atoms with Crippen molar-refractivity contribution in [1.82, 2.24) is 0 Å². The lowest BCUT2D eigenvalue weighted by Gasteiger charge is -2.22. The van der Waals surface area contributed by atoms with Gasteiger partial charge in [0.2, 0.25) is 0 Å². The van der Waals surface area contributed by atoms with Gasteiger partial charge in [0, 0.05) is 0 Å². The van der Waals surface area contributed by atoms with Gasteiger partial charge in [-0.1, -0.05) is 23.8 Å². The summed E-state index contributed by atoms with van der Waals surface area (Å²) < 4.78 is 10.2. The number of benzene rings is 1. The molecule has 1 aliphatic heterocycles. The molecule has 0 N–H and O–H groups in total. The summed E-state index contributed by atoms with van der Waals surface area (Å²) in [6.45, 7) is 2.01. The number of methoxy groups -OCH3 is 1. The first-order valence-corrected chi connectivity index (χ1v) is 5.94. The van der Waals surface area contributed by atoms with Crippen LogP contribution < -0.4 is 0 Å². The Balaban J connectivity index is 2.11. The highest BCUT2D eigenvalue weighted by Gasteiger charge is 2.60. The van der Waals surface area contributed by atoms with Crippen molar-refractivity contribution in [2.75, 3.05) is 7.11 Å². The minimum Gasteiger partial charge on any atom is -0.468 e. The van der Waals surface area contributed by atoms with Crippen molar-refractivity contribution in [3.8, 4) is 0 Å². The minimum atomic E-state index is -0.845. The molecule has 0 radical (unpaired) electrons. The summed E-state index contributed by atoms with van der Waals surface area (Å²) in [5, 5.41) is 0. The van der Waals surface area contributed by atoms with Gasteiger partial charge >= 0.3 is 11.9 Å². The van der Waals surface area contributed by atoms with Gasteiger partial charge in [0.1, 0.15) is 11.5 Å². The molecule has 1 aromatic rings. The van der Waals surface area contributed by atoms with Gasteiger partial charge in [-0.25, -0.2) is 0 Å². The van der Waals surface area contributed by atoms with E-state index in [1.807, 2.05) is 25.1 Å². The Kier molecular flexibility index (Phi) is 2.24. The number of rotatable bonds is 1. The average Bonchev–Trinajstić information content (AvgIpc) is 2.79. The van der Waals surface area contributed by atoms with Crippen LogP contribution in [-0.2, 0) is 25.5 Å². The molecule has 4 nitrogen and oxygen atoms in total. The van der Waals surface area contributed by atoms with Gasteiger partial charge in [0.15, 0.2) is 0 Å². The van der Waals surface area contributed by atoms with Gasteiger partial charge < -0.3 is 9.47 Å². The zero-order valence-electron chi connectivity index (χ0n) is 10.4. The molecule has 18 heavy (non-hydrogen) atoms. The van der Waals surface area contributed by atoms with Crippen molar-refractivity contribution in [1.29, 1.82) is 0 Å². The Labute approximate surface area is 105 Å². The molecule has 1 aliphatic carbocycles. The maximum absolute atomic E-state index is 12.1. The standard InChI is InChI=1S/C14H14O4/c1-8-3-4-10-9(5-8)6-14(13(16)17-2)7-11(15)18-12(10)14/h3-5,12H,6-7H2,1-2H3/t12-,14+/m1/s1. The maximum Gasteiger partial charge on any atom is 0.316 e. The second-order valence-electron chi connectivity index (χ2n) is 5.07. The number of carbonyl (C=O) groups excluding carboxylic acids is 2. The van der Waals surface area contributed by atoms with E-state index >= 15 is 0 Å². The van der Waals surface area contributed by atoms with E-state index in [-0.39, 0.29) is 18.4 Å². The van der Waals surface area contributed by atoms with Crippen LogP contribution in [0, 0.1) is 12.3 Å². The smallest absolute Gasteiger partial charge is 0.316 e. The SMILES string of the molecule is COC(=O)[C@@]12CC(=O)O[C@@H]1c1ccc(C)cc1C2. The molecule has 3 rings (SSSR count). The first-order chi connectivity index (χ1) is 8.56. The molecule has 2 aliphatic rings.